The average molecular weight is 262 g/mol. The van der Waals surface area contributed by atoms with Crippen LogP contribution >= 0.6 is 11.6 Å². The molecule has 2 aromatic carbocycles. The molecule has 0 saturated heterocycles. The minimum absolute atomic E-state index is 0.0192. The molecule has 0 atom stereocenters. The number of fused-ring (bicyclic) bond motifs is 1. The van der Waals surface area contributed by atoms with Crippen molar-refractivity contribution in [1.29, 1.82) is 0 Å². The van der Waals surface area contributed by atoms with E-state index in [0.29, 0.717) is 18.8 Å². The van der Waals surface area contributed by atoms with Gasteiger partial charge in [-0.25, -0.2) is 0 Å². The zero-order valence-electron chi connectivity index (χ0n) is 10.2. The van der Waals surface area contributed by atoms with Gasteiger partial charge in [-0.2, -0.15) is 0 Å². The second-order valence-electron chi connectivity index (χ2n) is 4.22. The van der Waals surface area contributed by atoms with Gasteiger partial charge in [0.15, 0.2) is 0 Å². The Morgan fingerprint density at radius 3 is 2.67 bits per heavy atom. The van der Waals surface area contributed by atoms with E-state index in [1.165, 1.54) is 16.3 Å². The number of halogens is 1. The summed E-state index contributed by atoms with van der Waals surface area (Å²) in [4.78, 5) is 11.3. The molecule has 2 rings (SSSR count). The standard InChI is InChI=1S/C15H16ClNO/c16-9-7-15(18)17-10-8-12-5-6-13-3-1-2-4-14(13)11-12/h1-6,11H,7-10H2,(H,17,18). The van der Waals surface area contributed by atoms with E-state index in [1.807, 2.05) is 12.1 Å². The molecule has 0 spiro atoms. The molecule has 1 amide bonds. The quantitative estimate of drug-likeness (QED) is 0.824. The minimum atomic E-state index is 0.0192. The first-order chi connectivity index (χ1) is 8.79. The molecule has 2 aromatic rings. The molecule has 94 valence electrons. The first-order valence-corrected chi connectivity index (χ1v) is 6.63. The number of hydrogen-bond acceptors (Lipinski definition) is 1. The lowest BCUT2D eigenvalue weighted by atomic mass is 10.1. The Balaban J connectivity index is 1.93. The Morgan fingerprint density at radius 2 is 1.89 bits per heavy atom. The van der Waals surface area contributed by atoms with Crippen molar-refractivity contribution in [3.05, 3.63) is 48.0 Å². The molecule has 0 saturated carbocycles. The van der Waals surface area contributed by atoms with Gasteiger partial charge in [-0.05, 0) is 22.8 Å². The van der Waals surface area contributed by atoms with Crippen LogP contribution in [0.4, 0.5) is 0 Å². The summed E-state index contributed by atoms with van der Waals surface area (Å²) in [5.41, 5.74) is 1.24. The fraction of sp³-hybridized carbons (Fsp3) is 0.267. The third-order valence-electron chi connectivity index (χ3n) is 2.87. The minimum Gasteiger partial charge on any atom is -0.356 e. The van der Waals surface area contributed by atoms with Crippen molar-refractivity contribution in [1.82, 2.24) is 5.32 Å². The SMILES string of the molecule is O=C(CCCl)NCCc1ccc2ccccc2c1. The van der Waals surface area contributed by atoms with Crippen LogP contribution < -0.4 is 5.32 Å². The fourth-order valence-electron chi connectivity index (χ4n) is 1.91. The molecule has 0 aromatic heterocycles. The second kappa shape index (κ2) is 6.41. The zero-order chi connectivity index (χ0) is 12.8. The number of amides is 1. The number of nitrogens with one attached hydrogen (secondary N) is 1. The van der Waals surface area contributed by atoms with Gasteiger partial charge in [-0.1, -0.05) is 42.5 Å². The molecule has 0 bridgehead atoms. The van der Waals surface area contributed by atoms with Crippen molar-refractivity contribution in [3.63, 3.8) is 0 Å². The van der Waals surface area contributed by atoms with E-state index >= 15 is 0 Å². The predicted octanol–water partition coefficient (Wildman–Crippen LogP) is 3.13. The predicted molar refractivity (Wildman–Crippen MR) is 76.0 cm³/mol. The van der Waals surface area contributed by atoms with E-state index in [2.05, 4.69) is 35.6 Å². The molecule has 0 aliphatic rings. The maximum absolute atomic E-state index is 11.3. The van der Waals surface area contributed by atoms with Crippen molar-refractivity contribution in [2.24, 2.45) is 0 Å². The number of rotatable bonds is 5. The molecule has 0 heterocycles. The Labute approximate surface area is 112 Å². The highest BCUT2D eigenvalue weighted by Crippen LogP contribution is 2.15. The number of benzene rings is 2. The highest BCUT2D eigenvalue weighted by molar-refractivity contribution is 6.18. The van der Waals surface area contributed by atoms with Gasteiger partial charge in [0.25, 0.3) is 0 Å². The molecule has 0 aliphatic carbocycles. The van der Waals surface area contributed by atoms with Gasteiger partial charge >= 0.3 is 0 Å². The topological polar surface area (TPSA) is 29.1 Å². The third-order valence-corrected chi connectivity index (χ3v) is 3.06. The number of hydrogen-bond donors (Lipinski definition) is 1. The Bertz CT molecular complexity index is 539. The van der Waals surface area contributed by atoms with Crippen LogP contribution in [0.2, 0.25) is 0 Å². The van der Waals surface area contributed by atoms with Gasteiger partial charge in [-0.15, -0.1) is 11.6 Å². The van der Waals surface area contributed by atoms with Crippen molar-refractivity contribution < 1.29 is 4.79 Å². The van der Waals surface area contributed by atoms with Crippen LogP contribution in [0, 0.1) is 0 Å². The van der Waals surface area contributed by atoms with E-state index in [0.717, 1.165) is 6.42 Å². The van der Waals surface area contributed by atoms with Crippen molar-refractivity contribution in [2.75, 3.05) is 12.4 Å². The molecule has 0 aliphatic heterocycles. The zero-order valence-corrected chi connectivity index (χ0v) is 10.9. The lowest BCUT2D eigenvalue weighted by Gasteiger charge is -2.05. The molecule has 18 heavy (non-hydrogen) atoms. The van der Waals surface area contributed by atoms with Gasteiger partial charge in [0.05, 0.1) is 0 Å². The van der Waals surface area contributed by atoms with E-state index in [1.54, 1.807) is 0 Å². The summed E-state index contributed by atoms with van der Waals surface area (Å²) >= 11 is 5.50. The van der Waals surface area contributed by atoms with Gasteiger partial charge in [0.2, 0.25) is 5.91 Å². The van der Waals surface area contributed by atoms with E-state index in [-0.39, 0.29) is 5.91 Å². The average Bonchev–Trinajstić information content (AvgIpc) is 2.39. The molecule has 0 radical (unpaired) electrons. The van der Waals surface area contributed by atoms with Crippen LogP contribution in [-0.2, 0) is 11.2 Å². The van der Waals surface area contributed by atoms with E-state index < -0.39 is 0 Å². The van der Waals surface area contributed by atoms with Crippen LogP contribution in [0.1, 0.15) is 12.0 Å². The Morgan fingerprint density at radius 1 is 1.11 bits per heavy atom. The molecular weight excluding hydrogens is 246 g/mol. The smallest absolute Gasteiger partial charge is 0.221 e. The summed E-state index contributed by atoms with van der Waals surface area (Å²) in [7, 11) is 0. The molecule has 0 unspecified atom stereocenters. The monoisotopic (exact) mass is 261 g/mol. The van der Waals surface area contributed by atoms with Crippen LogP contribution in [0.25, 0.3) is 10.8 Å². The van der Waals surface area contributed by atoms with Crippen LogP contribution in [0.3, 0.4) is 0 Å². The molecular formula is C15H16ClNO. The number of alkyl halides is 1. The summed E-state index contributed by atoms with van der Waals surface area (Å²) < 4.78 is 0. The van der Waals surface area contributed by atoms with Crippen LogP contribution in [0.5, 0.6) is 0 Å². The molecule has 0 fully saturated rings. The summed E-state index contributed by atoms with van der Waals surface area (Å²) in [6, 6.07) is 14.7. The Kier molecular flexibility index (Phi) is 4.59. The molecule has 2 nitrogen and oxygen atoms in total. The lowest BCUT2D eigenvalue weighted by Crippen LogP contribution is -2.25. The highest BCUT2D eigenvalue weighted by atomic mass is 35.5. The molecule has 3 heteroatoms. The normalized spacial score (nSPS) is 10.5. The summed E-state index contributed by atoms with van der Waals surface area (Å²) in [6.45, 7) is 0.661. The fourth-order valence-corrected chi connectivity index (χ4v) is 2.09. The first kappa shape index (κ1) is 12.9. The van der Waals surface area contributed by atoms with Gasteiger partial charge in [0, 0.05) is 18.8 Å². The first-order valence-electron chi connectivity index (χ1n) is 6.10. The molecule has 1 N–H and O–H groups in total. The van der Waals surface area contributed by atoms with E-state index in [9.17, 15) is 4.79 Å². The maximum Gasteiger partial charge on any atom is 0.221 e. The largest absolute Gasteiger partial charge is 0.356 e. The summed E-state index contributed by atoms with van der Waals surface area (Å²) in [5, 5.41) is 5.34. The summed E-state index contributed by atoms with van der Waals surface area (Å²) in [5.74, 6) is 0.396. The van der Waals surface area contributed by atoms with Gasteiger partial charge < -0.3 is 5.32 Å². The second-order valence-corrected chi connectivity index (χ2v) is 4.60. The van der Waals surface area contributed by atoms with Crippen molar-refractivity contribution >= 4 is 28.3 Å². The summed E-state index contributed by atoms with van der Waals surface area (Å²) in [6.07, 6.45) is 1.23. The van der Waals surface area contributed by atoms with Crippen molar-refractivity contribution in [3.8, 4) is 0 Å². The van der Waals surface area contributed by atoms with Gasteiger partial charge in [0.1, 0.15) is 0 Å². The van der Waals surface area contributed by atoms with Gasteiger partial charge in [-0.3, -0.25) is 4.79 Å². The Hall–Kier alpha value is -1.54. The maximum atomic E-state index is 11.3. The number of carbonyl (C=O) groups is 1. The van der Waals surface area contributed by atoms with Crippen LogP contribution in [-0.4, -0.2) is 18.3 Å². The third kappa shape index (κ3) is 3.47. The van der Waals surface area contributed by atoms with Crippen molar-refractivity contribution in [2.45, 2.75) is 12.8 Å². The number of carbonyl (C=O) groups excluding carboxylic acids is 1. The van der Waals surface area contributed by atoms with E-state index in [4.69, 9.17) is 11.6 Å². The lowest BCUT2D eigenvalue weighted by molar-refractivity contribution is -0.120. The highest BCUT2D eigenvalue weighted by Gasteiger charge is 2.00. The van der Waals surface area contributed by atoms with Crippen LogP contribution in [0.15, 0.2) is 42.5 Å².